The van der Waals surface area contributed by atoms with Crippen LogP contribution in [0.15, 0.2) is 53.5 Å². The summed E-state index contributed by atoms with van der Waals surface area (Å²) in [5.74, 6) is 0. The van der Waals surface area contributed by atoms with E-state index < -0.39 is 0 Å². The van der Waals surface area contributed by atoms with Gasteiger partial charge in [-0.05, 0) is 36.6 Å². The molecule has 2 rings (SSSR count). The van der Waals surface area contributed by atoms with Crippen LogP contribution in [0.4, 0.5) is 5.69 Å². The zero-order valence-corrected chi connectivity index (χ0v) is 10.4. The maximum atomic E-state index is 4.50. The molecule has 0 N–H and O–H groups in total. The fourth-order valence-corrected chi connectivity index (χ4v) is 1.76. The summed E-state index contributed by atoms with van der Waals surface area (Å²) in [5.41, 5.74) is 4.80. The van der Waals surface area contributed by atoms with E-state index in [1.807, 2.05) is 18.3 Å². The first-order valence-corrected chi connectivity index (χ1v) is 5.98. The first kappa shape index (κ1) is 11.6. The van der Waals surface area contributed by atoms with E-state index in [9.17, 15) is 0 Å². The van der Waals surface area contributed by atoms with Crippen LogP contribution in [0.1, 0.15) is 23.6 Å². The van der Waals surface area contributed by atoms with E-state index in [0.29, 0.717) is 0 Å². The molecule has 2 aromatic rings. The molecule has 0 aliphatic carbocycles. The molecule has 0 amide bonds. The first-order valence-electron chi connectivity index (χ1n) is 5.98. The molecule has 0 atom stereocenters. The molecule has 86 valence electrons. The van der Waals surface area contributed by atoms with Crippen molar-refractivity contribution in [1.82, 2.24) is 0 Å². The molecule has 0 bridgehead atoms. The fourth-order valence-electron chi connectivity index (χ4n) is 1.76. The number of hydrogen-bond donors (Lipinski definition) is 0. The van der Waals surface area contributed by atoms with Crippen LogP contribution in [-0.2, 0) is 6.42 Å². The van der Waals surface area contributed by atoms with E-state index >= 15 is 0 Å². The van der Waals surface area contributed by atoms with Crippen molar-refractivity contribution in [3.8, 4) is 0 Å². The summed E-state index contributed by atoms with van der Waals surface area (Å²) < 4.78 is 0. The summed E-state index contributed by atoms with van der Waals surface area (Å²) >= 11 is 0. The Balaban J connectivity index is 2.22. The van der Waals surface area contributed by atoms with E-state index in [1.165, 1.54) is 16.7 Å². The normalized spacial score (nSPS) is 10.9. The summed E-state index contributed by atoms with van der Waals surface area (Å²) in [5, 5.41) is 0. The van der Waals surface area contributed by atoms with Crippen molar-refractivity contribution in [2.75, 3.05) is 0 Å². The number of rotatable bonds is 3. The van der Waals surface area contributed by atoms with Crippen molar-refractivity contribution in [2.45, 2.75) is 20.3 Å². The molecule has 1 nitrogen and oxygen atoms in total. The molecule has 0 heterocycles. The zero-order chi connectivity index (χ0) is 12.1. The van der Waals surface area contributed by atoms with Crippen molar-refractivity contribution in [3.05, 3.63) is 65.2 Å². The van der Waals surface area contributed by atoms with Gasteiger partial charge >= 0.3 is 0 Å². The van der Waals surface area contributed by atoms with Gasteiger partial charge in [0.2, 0.25) is 0 Å². The SMILES string of the molecule is CCc1ccccc1/C=N/c1ccc(C)cc1. The predicted octanol–water partition coefficient (Wildman–Crippen LogP) is 4.31. The lowest BCUT2D eigenvalue weighted by molar-refractivity contribution is 1.13. The molecule has 0 saturated heterocycles. The number of hydrogen-bond acceptors (Lipinski definition) is 1. The minimum absolute atomic E-state index is 1.00. The second-order valence-corrected chi connectivity index (χ2v) is 4.15. The molecule has 0 saturated carbocycles. The van der Waals surface area contributed by atoms with Crippen molar-refractivity contribution in [1.29, 1.82) is 0 Å². The topological polar surface area (TPSA) is 12.4 Å². The molecule has 2 aromatic carbocycles. The zero-order valence-electron chi connectivity index (χ0n) is 10.4. The van der Waals surface area contributed by atoms with Crippen molar-refractivity contribution < 1.29 is 0 Å². The molecule has 17 heavy (non-hydrogen) atoms. The molecule has 0 aliphatic rings. The number of aliphatic imine (C=N–C) groups is 1. The first-order chi connectivity index (χ1) is 8.29. The summed E-state index contributed by atoms with van der Waals surface area (Å²) in [6.07, 6.45) is 2.99. The number of benzene rings is 2. The Morgan fingerprint density at radius 2 is 1.71 bits per heavy atom. The van der Waals surface area contributed by atoms with Crippen LogP contribution in [0.25, 0.3) is 0 Å². The van der Waals surface area contributed by atoms with Gasteiger partial charge in [0.1, 0.15) is 0 Å². The Morgan fingerprint density at radius 3 is 2.41 bits per heavy atom. The highest BCUT2D eigenvalue weighted by Gasteiger charge is 1.95. The summed E-state index contributed by atoms with van der Waals surface area (Å²) in [6.45, 7) is 4.25. The van der Waals surface area contributed by atoms with Gasteiger partial charge in [-0.1, -0.05) is 48.9 Å². The quantitative estimate of drug-likeness (QED) is 0.688. The van der Waals surface area contributed by atoms with Crippen molar-refractivity contribution in [3.63, 3.8) is 0 Å². The van der Waals surface area contributed by atoms with E-state index in [1.54, 1.807) is 0 Å². The Hall–Kier alpha value is -1.89. The molecule has 0 fully saturated rings. The highest BCUT2D eigenvalue weighted by Crippen LogP contribution is 2.13. The molecule has 0 unspecified atom stereocenters. The summed E-state index contributed by atoms with van der Waals surface area (Å²) in [6, 6.07) is 16.6. The van der Waals surface area contributed by atoms with Gasteiger partial charge < -0.3 is 0 Å². The fraction of sp³-hybridized carbons (Fsp3) is 0.188. The van der Waals surface area contributed by atoms with Gasteiger partial charge in [0.05, 0.1) is 5.69 Å². The highest BCUT2D eigenvalue weighted by molar-refractivity contribution is 5.83. The van der Waals surface area contributed by atoms with E-state index in [0.717, 1.165) is 12.1 Å². The third-order valence-electron chi connectivity index (χ3n) is 2.82. The van der Waals surface area contributed by atoms with Crippen LogP contribution in [0.5, 0.6) is 0 Å². The molecule has 0 aromatic heterocycles. The van der Waals surface area contributed by atoms with Crippen LogP contribution in [-0.4, -0.2) is 6.21 Å². The van der Waals surface area contributed by atoms with Gasteiger partial charge in [-0.3, -0.25) is 4.99 Å². The van der Waals surface area contributed by atoms with Gasteiger partial charge in [-0.2, -0.15) is 0 Å². The number of aryl methyl sites for hydroxylation is 2. The monoisotopic (exact) mass is 223 g/mol. The van der Waals surface area contributed by atoms with Crippen LogP contribution in [0, 0.1) is 6.92 Å². The van der Waals surface area contributed by atoms with Gasteiger partial charge in [-0.25, -0.2) is 0 Å². The lowest BCUT2D eigenvalue weighted by atomic mass is 10.1. The van der Waals surface area contributed by atoms with Crippen LogP contribution >= 0.6 is 0 Å². The van der Waals surface area contributed by atoms with Crippen LogP contribution in [0.3, 0.4) is 0 Å². The van der Waals surface area contributed by atoms with Crippen LogP contribution < -0.4 is 0 Å². The molecule has 1 heteroatoms. The molecular formula is C16H17N. The van der Waals surface area contributed by atoms with Gasteiger partial charge in [0.15, 0.2) is 0 Å². The average Bonchev–Trinajstić information content (AvgIpc) is 2.38. The van der Waals surface area contributed by atoms with Crippen molar-refractivity contribution in [2.24, 2.45) is 4.99 Å². The Morgan fingerprint density at radius 1 is 1.00 bits per heavy atom. The Bertz CT molecular complexity index is 509. The van der Waals surface area contributed by atoms with Gasteiger partial charge in [0.25, 0.3) is 0 Å². The highest BCUT2D eigenvalue weighted by atomic mass is 14.7. The third-order valence-corrected chi connectivity index (χ3v) is 2.82. The maximum absolute atomic E-state index is 4.50. The van der Waals surface area contributed by atoms with E-state index in [-0.39, 0.29) is 0 Å². The second-order valence-electron chi connectivity index (χ2n) is 4.15. The van der Waals surface area contributed by atoms with Crippen molar-refractivity contribution >= 4 is 11.9 Å². The summed E-state index contributed by atoms with van der Waals surface area (Å²) in [4.78, 5) is 4.50. The standard InChI is InChI=1S/C16H17N/c1-3-14-6-4-5-7-15(14)12-17-16-10-8-13(2)9-11-16/h4-12H,3H2,1-2H3/b17-12+. The molecule has 0 spiro atoms. The lowest BCUT2D eigenvalue weighted by Gasteiger charge is -2.01. The van der Waals surface area contributed by atoms with Crippen LogP contribution in [0.2, 0.25) is 0 Å². The van der Waals surface area contributed by atoms with Gasteiger partial charge in [-0.15, -0.1) is 0 Å². The summed E-state index contributed by atoms with van der Waals surface area (Å²) in [7, 11) is 0. The van der Waals surface area contributed by atoms with E-state index in [4.69, 9.17) is 0 Å². The Labute approximate surface area is 103 Å². The predicted molar refractivity (Wildman–Crippen MR) is 74.3 cm³/mol. The average molecular weight is 223 g/mol. The van der Waals surface area contributed by atoms with Gasteiger partial charge in [0, 0.05) is 6.21 Å². The largest absolute Gasteiger partial charge is 0.256 e. The van der Waals surface area contributed by atoms with E-state index in [2.05, 4.69) is 55.2 Å². The lowest BCUT2D eigenvalue weighted by Crippen LogP contribution is -1.89. The molecule has 0 aliphatic heterocycles. The second kappa shape index (κ2) is 5.44. The molecular weight excluding hydrogens is 206 g/mol. The molecule has 0 radical (unpaired) electrons. The smallest absolute Gasteiger partial charge is 0.0630 e. The third kappa shape index (κ3) is 3.04. The minimum Gasteiger partial charge on any atom is -0.256 e. The maximum Gasteiger partial charge on any atom is 0.0630 e. The Kier molecular flexibility index (Phi) is 3.71. The number of nitrogens with zero attached hydrogens (tertiary/aromatic N) is 1. The minimum atomic E-state index is 1.00.